The molecule has 7 heteroatoms. The van der Waals surface area contributed by atoms with Gasteiger partial charge in [0.05, 0.1) is 5.69 Å². The standard InChI is InChI=1S/C23H29N3O3S/c27-20(24-13-12-17-8-2-1-3-9-17)16-26-18-10-4-5-11-19(18)30-21(23(26)29)22(28)25-14-6-7-15-25/h4-5,8,10-11,21H,1-3,6-7,9,12-16H2,(H,24,27). The highest BCUT2D eigenvalue weighted by Gasteiger charge is 2.41. The van der Waals surface area contributed by atoms with Crippen LogP contribution in [0.3, 0.4) is 0 Å². The molecule has 0 spiro atoms. The Kier molecular flexibility index (Phi) is 6.77. The molecule has 3 aliphatic rings. The fourth-order valence-corrected chi connectivity index (χ4v) is 5.52. The highest BCUT2D eigenvalue weighted by atomic mass is 32.2. The molecule has 6 nitrogen and oxygen atoms in total. The molecule has 160 valence electrons. The molecule has 0 saturated carbocycles. The molecule has 1 saturated heterocycles. The van der Waals surface area contributed by atoms with E-state index in [1.807, 2.05) is 24.3 Å². The molecule has 1 fully saturated rings. The van der Waals surface area contributed by atoms with Crippen molar-refractivity contribution in [2.75, 3.05) is 31.1 Å². The molecule has 3 amide bonds. The summed E-state index contributed by atoms with van der Waals surface area (Å²) in [5.41, 5.74) is 2.12. The van der Waals surface area contributed by atoms with Gasteiger partial charge in [-0.2, -0.15) is 0 Å². The second-order valence-electron chi connectivity index (χ2n) is 8.13. The molecule has 4 rings (SSSR count). The zero-order valence-corrected chi connectivity index (χ0v) is 18.1. The average Bonchev–Trinajstić information content (AvgIpc) is 3.31. The van der Waals surface area contributed by atoms with E-state index in [0.717, 1.165) is 37.0 Å². The lowest BCUT2D eigenvalue weighted by molar-refractivity contribution is -0.134. The minimum absolute atomic E-state index is 0.0563. The maximum Gasteiger partial charge on any atom is 0.250 e. The summed E-state index contributed by atoms with van der Waals surface area (Å²) in [6, 6.07) is 7.51. The molecule has 0 aromatic heterocycles. The molecule has 2 aliphatic heterocycles. The normalized spacial score (nSPS) is 21.3. The number of allylic oxidation sites excluding steroid dienone is 1. The third-order valence-electron chi connectivity index (χ3n) is 5.99. The lowest BCUT2D eigenvalue weighted by Gasteiger charge is -2.34. The van der Waals surface area contributed by atoms with Crippen LogP contribution in [0.2, 0.25) is 0 Å². The Morgan fingerprint density at radius 1 is 1.10 bits per heavy atom. The zero-order chi connectivity index (χ0) is 20.9. The summed E-state index contributed by atoms with van der Waals surface area (Å²) in [4.78, 5) is 42.9. The van der Waals surface area contributed by atoms with Gasteiger partial charge in [0, 0.05) is 24.5 Å². The van der Waals surface area contributed by atoms with Gasteiger partial charge in [-0.3, -0.25) is 14.4 Å². The van der Waals surface area contributed by atoms with Crippen LogP contribution in [-0.2, 0) is 14.4 Å². The first kappa shape index (κ1) is 21.0. The van der Waals surface area contributed by atoms with Crippen molar-refractivity contribution in [3.05, 3.63) is 35.9 Å². The van der Waals surface area contributed by atoms with Gasteiger partial charge in [0.2, 0.25) is 11.8 Å². The Hall–Kier alpha value is -2.28. The second kappa shape index (κ2) is 9.69. The highest BCUT2D eigenvalue weighted by Crippen LogP contribution is 2.39. The molecule has 1 aromatic rings. The van der Waals surface area contributed by atoms with Gasteiger partial charge >= 0.3 is 0 Å². The monoisotopic (exact) mass is 427 g/mol. The number of benzene rings is 1. The number of rotatable bonds is 6. The number of fused-ring (bicyclic) bond motifs is 1. The number of likely N-dealkylation sites (tertiary alicyclic amines) is 1. The molecule has 1 aromatic carbocycles. The van der Waals surface area contributed by atoms with E-state index in [0.29, 0.717) is 25.3 Å². The smallest absolute Gasteiger partial charge is 0.250 e. The number of hydrogen-bond acceptors (Lipinski definition) is 4. The van der Waals surface area contributed by atoms with Crippen LogP contribution in [0.5, 0.6) is 0 Å². The van der Waals surface area contributed by atoms with Gasteiger partial charge in [-0.05, 0) is 57.1 Å². The van der Waals surface area contributed by atoms with Crippen molar-refractivity contribution >= 4 is 35.2 Å². The van der Waals surface area contributed by atoms with Crippen molar-refractivity contribution in [1.82, 2.24) is 10.2 Å². The number of carbonyl (C=O) groups is 3. The Labute approximate surface area is 182 Å². The van der Waals surface area contributed by atoms with Crippen LogP contribution in [0, 0.1) is 0 Å². The number of nitrogens with zero attached hydrogens (tertiary/aromatic N) is 2. The van der Waals surface area contributed by atoms with Gasteiger partial charge in [0.15, 0.2) is 5.25 Å². The largest absolute Gasteiger partial charge is 0.354 e. The van der Waals surface area contributed by atoms with E-state index in [9.17, 15) is 14.4 Å². The van der Waals surface area contributed by atoms with Crippen LogP contribution in [0.4, 0.5) is 5.69 Å². The van der Waals surface area contributed by atoms with Gasteiger partial charge in [0.25, 0.3) is 5.91 Å². The van der Waals surface area contributed by atoms with E-state index in [1.54, 1.807) is 4.90 Å². The Bertz CT molecular complexity index is 848. The number of amides is 3. The third kappa shape index (κ3) is 4.72. The van der Waals surface area contributed by atoms with Gasteiger partial charge in [-0.15, -0.1) is 11.8 Å². The number of anilines is 1. The summed E-state index contributed by atoms with van der Waals surface area (Å²) in [6.07, 6.45) is 9.84. The van der Waals surface area contributed by atoms with Crippen molar-refractivity contribution in [2.24, 2.45) is 0 Å². The van der Waals surface area contributed by atoms with Gasteiger partial charge in [-0.1, -0.05) is 23.8 Å². The lowest BCUT2D eigenvalue weighted by Crippen LogP contribution is -2.51. The van der Waals surface area contributed by atoms with E-state index < -0.39 is 5.25 Å². The maximum atomic E-state index is 13.2. The Morgan fingerprint density at radius 3 is 2.67 bits per heavy atom. The van der Waals surface area contributed by atoms with Crippen LogP contribution < -0.4 is 10.2 Å². The zero-order valence-electron chi connectivity index (χ0n) is 17.3. The highest BCUT2D eigenvalue weighted by molar-refractivity contribution is 8.01. The van der Waals surface area contributed by atoms with Crippen molar-refractivity contribution in [1.29, 1.82) is 0 Å². The van der Waals surface area contributed by atoms with E-state index in [-0.39, 0.29) is 24.3 Å². The fourth-order valence-electron chi connectivity index (χ4n) is 4.33. The molecule has 0 bridgehead atoms. The van der Waals surface area contributed by atoms with Crippen LogP contribution in [-0.4, -0.2) is 54.1 Å². The number of hydrogen-bond donors (Lipinski definition) is 1. The summed E-state index contributed by atoms with van der Waals surface area (Å²) in [5.74, 6) is -0.610. The number of carbonyl (C=O) groups excluding carboxylic acids is 3. The van der Waals surface area contributed by atoms with Gasteiger partial charge in [0.1, 0.15) is 6.54 Å². The molecule has 2 heterocycles. The molecule has 1 N–H and O–H groups in total. The summed E-state index contributed by atoms with van der Waals surface area (Å²) >= 11 is 1.31. The van der Waals surface area contributed by atoms with E-state index >= 15 is 0 Å². The minimum atomic E-state index is -0.807. The fraction of sp³-hybridized carbons (Fsp3) is 0.522. The molecule has 1 unspecified atom stereocenters. The predicted molar refractivity (Wildman–Crippen MR) is 118 cm³/mol. The number of thioether (sulfide) groups is 1. The first-order chi connectivity index (χ1) is 14.6. The van der Waals surface area contributed by atoms with Gasteiger partial charge in [-0.25, -0.2) is 0 Å². The molecule has 1 atom stereocenters. The topological polar surface area (TPSA) is 69.7 Å². The lowest BCUT2D eigenvalue weighted by atomic mass is 9.97. The van der Waals surface area contributed by atoms with Gasteiger partial charge < -0.3 is 15.1 Å². The Morgan fingerprint density at radius 2 is 1.90 bits per heavy atom. The van der Waals surface area contributed by atoms with Crippen LogP contribution in [0.15, 0.2) is 40.8 Å². The second-order valence-corrected chi connectivity index (χ2v) is 9.28. The van der Waals surface area contributed by atoms with Crippen LogP contribution >= 0.6 is 11.8 Å². The maximum absolute atomic E-state index is 13.2. The molecular formula is C23H29N3O3S. The summed E-state index contributed by atoms with van der Waals surface area (Å²) in [6.45, 7) is 1.95. The van der Waals surface area contributed by atoms with Crippen molar-refractivity contribution < 1.29 is 14.4 Å². The van der Waals surface area contributed by atoms with Crippen LogP contribution in [0.25, 0.3) is 0 Å². The summed E-state index contributed by atoms with van der Waals surface area (Å²) in [5, 5.41) is 2.14. The minimum Gasteiger partial charge on any atom is -0.354 e. The first-order valence-electron chi connectivity index (χ1n) is 10.9. The van der Waals surface area contributed by atoms with E-state index in [2.05, 4.69) is 11.4 Å². The van der Waals surface area contributed by atoms with E-state index in [4.69, 9.17) is 0 Å². The van der Waals surface area contributed by atoms with Crippen molar-refractivity contribution in [3.63, 3.8) is 0 Å². The summed E-state index contributed by atoms with van der Waals surface area (Å²) < 4.78 is 0. The number of para-hydroxylation sites is 1. The molecule has 0 radical (unpaired) electrons. The molecule has 1 aliphatic carbocycles. The third-order valence-corrected chi connectivity index (χ3v) is 7.23. The molecular weight excluding hydrogens is 398 g/mol. The average molecular weight is 428 g/mol. The number of nitrogens with one attached hydrogen (secondary N) is 1. The quantitative estimate of drug-likeness (QED) is 0.559. The SMILES string of the molecule is O=C(CN1C(=O)C(C(=O)N2CCCC2)Sc2ccccc21)NCCC1=CCCCC1. The molecule has 30 heavy (non-hydrogen) atoms. The van der Waals surface area contributed by atoms with Crippen LogP contribution in [0.1, 0.15) is 44.9 Å². The predicted octanol–water partition coefficient (Wildman–Crippen LogP) is 3.12. The Balaban J connectivity index is 1.42. The van der Waals surface area contributed by atoms with Crippen molar-refractivity contribution in [3.8, 4) is 0 Å². The van der Waals surface area contributed by atoms with E-state index in [1.165, 1.54) is 35.1 Å². The summed E-state index contributed by atoms with van der Waals surface area (Å²) in [7, 11) is 0. The first-order valence-corrected chi connectivity index (χ1v) is 11.8. The van der Waals surface area contributed by atoms with Crippen molar-refractivity contribution in [2.45, 2.75) is 55.1 Å².